The number of amides is 2. The minimum atomic E-state index is -0.700. The van der Waals surface area contributed by atoms with Crippen LogP contribution in [0.15, 0.2) is 30.3 Å². The van der Waals surface area contributed by atoms with E-state index >= 15 is 0 Å². The van der Waals surface area contributed by atoms with Crippen LogP contribution in [0.25, 0.3) is 0 Å². The largest absolute Gasteiger partial charge is 0.468 e. The quantitative estimate of drug-likeness (QED) is 0.731. The van der Waals surface area contributed by atoms with Gasteiger partial charge in [-0.15, -0.1) is 0 Å². The molecular weight excluding hydrogens is 368 g/mol. The van der Waals surface area contributed by atoms with Crippen LogP contribution >= 0.6 is 0 Å². The Morgan fingerprint density at radius 1 is 1.07 bits per heavy atom. The summed E-state index contributed by atoms with van der Waals surface area (Å²) in [6, 6.07) is 10.0. The van der Waals surface area contributed by atoms with E-state index in [1.54, 1.807) is 0 Å². The summed E-state index contributed by atoms with van der Waals surface area (Å²) < 4.78 is 5.13. The lowest BCUT2D eigenvalue weighted by Gasteiger charge is -2.40. The molecule has 2 amide bonds. The maximum atomic E-state index is 13.1. The predicted molar refractivity (Wildman–Crippen MR) is 108 cm³/mol. The fraction of sp³-hybridized carbons (Fsp3) is 0.609. The Morgan fingerprint density at radius 2 is 1.72 bits per heavy atom. The van der Waals surface area contributed by atoms with E-state index in [0.29, 0.717) is 44.9 Å². The Hall–Kier alpha value is -2.37. The number of hydrogen-bond acceptors (Lipinski definition) is 4. The second kappa shape index (κ2) is 8.17. The smallest absolute Gasteiger partial charge is 0.316 e. The molecule has 6 nitrogen and oxygen atoms in total. The average molecular weight is 399 g/mol. The minimum absolute atomic E-state index is 0.0605. The summed E-state index contributed by atoms with van der Waals surface area (Å²) in [5, 5.41) is 0. The summed E-state index contributed by atoms with van der Waals surface area (Å²) >= 11 is 0. The van der Waals surface area contributed by atoms with E-state index in [1.807, 2.05) is 40.1 Å². The van der Waals surface area contributed by atoms with Crippen molar-refractivity contribution in [3.8, 4) is 0 Å². The summed E-state index contributed by atoms with van der Waals surface area (Å²) in [5.41, 5.74) is 0.246. The number of esters is 1. The summed E-state index contributed by atoms with van der Waals surface area (Å²) in [6.07, 6.45) is 5.89. The summed E-state index contributed by atoms with van der Waals surface area (Å²) in [5.74, 6) is -0.296. The van der Waals surface area contributed by atoms with Crippen molar-refractivity contribution in [3.63, 3.8) is 0 Å². The van der Waals surface area contributed by atoms with Crippen LogP contribution in [0.1, 0.15) is 50.5 Å². The zero-order valence-corrected chi connectivity index (χ0v) is 17.1. The van der Waals surface area contributed by atoms with Gasteiger partial charge in [0.2, 0.25) is 11.8 Å². The van der Waals surface area contributed by atoms with Crippen molar-refractivity contribution < 1.29 is 19.1 Å². The maximum absolute atomic E-state index is 13.1. The van der Waals surface area contributed by atoms with Crippen molar-refractivity contribution in [1.82, 2.24) is 9.80 Å². The molecule has 1 aromatic rings. The van der Waals surface area contributed by atoms with Gasteiger partial charge in [-0.25, -0.2) is 0 Å². The highest BCUT2D eigenvalue weighted by Gasteiger charge is 2.46. The van der Waals surface area contributed by atoms with Crippen molar-refractivity contribution in [3.05, 3.63) is 35.9 Å². The highest BCUT2D eigenvalue weighted by Crippen LogP contribution is 2.38. The first-order valence-corrected chi connectivity index (χ1v) is 10.8. The number of rotatable bonds is 4. The lowest BCUT2D eigenvalue weighted by Crippen LogP contribution is -2.51. The molecule has 0 spiro atoms. The molecule has 0 aromatic heterocycles. The van der Waals surface area contributed by atoms with E-state index in [2.05, 4.69) is 0 Å². The molecule has 0 bridgehead atoms. The molecule has 29 heavy (non-hydrogen) atoms. The van der Waals surface area contributed by atoms with Gasteiger partial charge in [0.1, 0.15) is 0 Å². The highest BCUT2D eigenvalue weighted by molar-refractivity contribution is 5.90. The molecule has 0 radical (unpaired) electrons. The normalized spacial score (nSPS) is 24.7. The predicted octanol–water partition coefficient (Wildman–Crippen LogP) is 2.51. The Labute approximate surface area is 172 Å². The van der Waals surface area contributed by atoms with Gasteiger partial charge in [-0.3, -0.25) is 14.4 Å². The third kappa shape index (κ3) is 3.65. The standard InChI is InChI=1S/C23H30N2O4/c1-29-22(28)23(18-7-3-2-4-8-18)11-13-24(14-12-23)21(27)17-15-20(26)25(16-17)19-9-5-6-10-19/h2-4,7-8,17,19H,5-6,9-16H2,1H3. The number of methoxy groups -OCH3 is 1. The lowest BCUT2D eigenvalue weighted by molar-refractivity contribution is -0.152. The second-order valence-corrected chi connectivity index (χ2v) is 8.65. The number of ether oxygens (including phenoxy) is 1. The Kier molecular flexibility index (Phi) is 5.61. The van der Waals surface area contributed by atoms with E-state index in [-0.39, 0.29) is 23.7 Å². The van der Waals surface area contributed by atoms with Gasteiger partial charge in [-0.05, 0) is 31.2 Å². The van der Waals surface area contributed by atoms with Crippen LogP contribution in [0.5, 0.6) is 0 Å². The number of benzene rings is 1. The van der Waals surface area contributed by atoms with Crippen molar-refractivity contribution >= 4 is 17.8 Å². The summed E-state index contributed by atoms with van der Waals surface area (Å²) in [7, 11) is 1.42. The zero-order chi connectivity index (χ0) is 20.4. The average Bonchev–Trinajstić information content (AvgIpc) is 3.43. The Morgan fingerprint density at radius 3 is 2.34 bits per heavy atom. The number of nitrogens with zero attached hydrogens (tertiary/aromatic N) is 2. The maximum Gasteiger partial charge on any atom is 0.316 e. The monoisotopic (exact) mass is 398 g/mol. The molecule has 0 N–H and O–H groups in total. The van der Waals surface area contributed by atoms with Gasteiger partial charge in [0, 0.05) is 32.1 Å². The van der Waals surface area contributed by atoms with E-state index in [9.17, 15) is 14.4 Å². The first kappa shape index (κ1) is 19.9. The molecule has 2 aliphatic heterocycles. The minimum Gasteiger partial charge on any atom is -0.468 e. The third-order valence-electron chi connectivity index (χ3n) is 7.10. The van der Waals surface area contributed by atoms with Crippen LogP contribution in [0.4, 0.5) is 0 Å². The molecule has 3 fully saturated rings. The van der Waals surface area contributed by atoms with Crippen LogP contribution in [0.2, 0.25) is 0 Å². The van der Waals surface area contributed by atoms with Gasteiger partial charge in [-0.2, -0.15) is 0 Å². The third-order valence-corrected chi connectivity index (χ3v) is 7.10. The molecule has 1 saturated carbocycles. The SMILES string of the molecule is COC(=O)C1(c2ccccc2)CCN(C(=O)C2CC(=O)N(C3CCCC3)C2)CC1. The van der Waals surface area contributed by atoms with Crippen LogP contribution in [0, 0.1) is 5.92 Å². The van der Waals surface area contributed by atoms with Gasteiger partial charge < -0.3 is 14.5 Å². The van der Waals surface area contributed by atoms with Crippen LogP contribution < -0.4 is 0 Å². The number of hydrogen-bond donors (Lipinski definition) is 0. The van der Waals surface area contributed by atoms with Crippen LogP contribution in [-0.4, -0.2) is 60.4 Å². The highest BCUT2D eigenvalue weighted by atomic mass is 16.5. The topological polar surface area (TPSA) is 66.9 Å². The molecule has 6 heteroatoms. The molecule has 2 heterocycles. The molecule has 1 aliphatic carbocycles. The van der Waals surface area contributed by atoms with E-state index in [1.165, 1.54) is 20.0 Å². The van der Waals surface area contributed by atoms with Crippen LogP contribution in [0.3, 0.4) is 0 Å². The molecule has 3 aliphatic rings. The molecular formula is C23H30N2O4. The molecule has 4 rings (SSSR count). The Balaban J connectivity index is 1.43. The molecule has 1 atom stereocenters. The Bertz CT molecular complexity index is 764. The fourth-order valence-electron chi connectivity index (χ4n) is 5.40. The zero-order valence-electron chi connectivity index (χ0n) is 17.1. The van der Waals surface area contributed by atoms with E-state index in [0.717, 1.165) is 18.4 Å². The fourth-order valence-corrected chi connectivity index (χ4v) is 5.40. The second-order valence-electron chi connectivity index (χ2n) is 8.65. The van der Waals surface area contributed by atoms with Gasteiger partial charge in [-0.1, -0.05) is 43.2 Å². The number of likely N-dealkylation sites (tertiary alicyclic amines) is 2. The summed E-state index contributed by atoms with van der Waals surface area (Å²) in [6.45, 7) is 1.58. The van der Waals surface area contributed by atoms with Gasteiger partial charge in [0.25, 0.3) is 0 Å². The van der Waals surface area contributed by atoms with Crippen molar-refractivity contribution in [2.45, 2.75) is 56.4 Å². The molecule has 1 aromatic carbocycles. The number of carbonyl (C=O) groups is 3. The van der Waals surface area contributed by atoms with Crippen LogP contribution in [-0.2, 0) is 24.5 Å². The van der Waals surface area contributed by atoms with E-state index in [4.69, 9.17) is 4.74 Å². The lowest BCUT2D eigenvalue weighted by atomic mass is 9.72. The van der Waals surface area contributed by atoms with E-state index < -0.39 is 5.41 Å². The van der Waals surface area contributed by atoms with Crippen molar-refractivity contribution in [2.24, 2.45) is 5.92 Å². The first-order chi connectivity index (χ1) is 14.0. The van der Waals surface area contributed by atoms with Gasteiger partial charge in [0.05, 0.1) is 18.4 Å². The number of piperidine rings is 1. The summed E-state index contributed by atoms with van der Waals surface area (Å²) in [4.78, 5) is 42.1. The molecule has 1 unspecified atom stereocenters. The molecule has 156 valence electrons. The van der Waals surface area contributed by atoms with Crippen molar-refractivity contribution in [1.29, 1.82) is 0 Å². The van der Waals surface area contributed by atoms with Gasteiger partial charge in [0.15, 0.2) is 0 Å². The first-order valence-electron chi connectivity index (χ1n) is 10.8. The number of carbonyl (C=O) groups excluding carboxylic acids is 3. The molecule has 2 saturated heterocycles. The van der Waals surface area contributed by atoms with Gasteiger partial charge >= 0.3 is 5.97 Å². The van der Waals surface area contributed by atoms with Crippen molar-refractivity contribution in [2.75, 3.05) is 26.7 Å².